The van der Waals surface area contributed by atoms with Crippen LogP contribution in [0.15, 0.2) is 24.3 Å². The average molecular weight is 238 g/mol. The number of nitrogens with zero attached hydrogens (tertiary/aromatic N) is 1. The van der Waals surface area contributed by atoms with Crippen molar-refractivity contribution in [1.82, 2.24) is 10.2 Å². The third kappa shape index (κ3) is 4.42. The maximum Gasteiger partial charge on any atom is 0.123 e. The Kier molecular flexibility index (Phi) is 4.91. The molecule has 2 rings (SSSR count). The van der Waals surface area contributed by atoms with Crippen molar-refractivity contribution >= 4 is 0 Å². The highest BCUT2D eigenvalue weighted by Crippen LogP contribution is 2.04. The SMILES string of the molecule is Fc1ccc(COCCN2CCNCC2)cc1. The maximum atomic E-state index is 12.7. The van der Waals surface area contributed by atoms with Gasteiger partial charge in [0.1, 0.15) is 5.82 Å². The van der Waals surface area contributed by atoms with E-state index in [9.17, 15) is 4.39 Å². The van der Waals surface area contributed by atoms with E-state index < -0.39 is 0 Å². The minimum absolute atomic E-state index is 0.199. The van der Waals surface area contributed by atoms with Crippen LogP contribution < -0.4 is 5.32 Å². The molecule has 0 spiro atoms. The Morgan fingerprint density at radius 2 is 1.88 bits per heavy atom. The lowest BCUT2D eigenvalue weighted by Gasteiger charge is -2.26. The van der Waals surface area contributed by atoms with Gasteiger partial charge in [0.2, 0.25) is 0 Å². The van der Waals surface area contributed by atoms with Crippen molar-refractivity contribution in [2.75, 3.05) is 39.3 Å². The first-order valence-electron chi connectivity index (χ1n) is 6.10. The predicted molar refractivity (Wildman–Crippen MR) is 65.4 cm³/mol. The molecule has 0 unspecified atom stereocenters. The second kappa shape index (κ2) is 6.69. The minimum Gasteiger partial charge on any atom is -0.375 e. The van der Waals surface area contributed by atoms with Crippen LogP contribution in [0, 0.1) is 5.82 Å². The number of hydrogen-bond acceptors (Lipinski definition) is 3. The highest BCUT2D eigenvalue weighted by atomic mass is 19.1. The summed E-state index contributed by atoms with van der Waals surface area (Å²) in [5.41, 5.74) is 1.02. The van der Waals surface area contributed by atoms with E-state index in [1.54, 1.807) is 12.1 Å². The first kappa shape index (κ1) is 12.5. The molecular weight excluding hydrogens is 219 g/mol. The number of benzene rings is 1. The zero-order chi connectivity index (χ0) is 11.9. The zero-order valence-corrected chi connectivity index (χ0v) is 9.99. The van der Waals surface area contributed by atoms with Crippen LogP contribution in [-0.2, 0) is 11.3 Å². The van der Waals surface area contributed by atoms with Gasteiger partial charge in [0.25, 0.3) is 0 Å². The van der Waals surface area contributed by atoms with Gasteiger partial charge in [-0.15, -0.1) is 0 Å². The van der Waals surface area contributed by atoms with Crippen molar-refractivity contribution in [2.45, 2.75) is 6.61 Å². The van der Waals surface area contributed by atoms with E-state index in [2.05, 4.69) is 10.2 Å². The summed E-state index contributed by atoms with van der Waals surface area (Å²) in [5.74, 6) is -0.199. The van der Waals surface area contributed by atoms with Crippen LogP contribution in [0.5, 0.6) is 0 Å². The predicted octanol–water partition coefficient (Wildman–Crippen LogP) is 1.25. The largest absolute Gasteiger partial charge is 0.375 e. The number of ether oxygens (including phenoxy) is 1. The summed E-state index contributed by atoms with van der Waals surface area (Å²) in [7, 11) is 0. The normalized spacial score (nSPS) is 17.2. The first-order chi connectivity index (χ1) is 8.34. The molecule has 1 fully saturated rings. The molecule has 0 bridgehead atoms. The molecule has 0 saturated carbocycles. The lowest BCUT2D eigenvalue weighted by Crippen LogP contribution is -2.44. The van der Waals surface area contributed by atoms with Gasteiger partial charge >= 0.3 is 0 Å². The van der Waals surface area contributed by atoms with Crippen LogP contribution in [0.3, 0.4) is 0 Å². The number of hydrogen-bond donors (Lipinski definition) is 1. The topological polar surface area (TPSA) is 24.5 Å². The first-order valence-corrected chi connectivity index (χ1v) is 6.10. The molecule has 17 heavy (non-hydrogen) atoms. The van der Waals surface area contributed by atoms with E-state index in [0.717, 1.165) is 44.9 Å². The zero-order valence-electron chi connectivity index (χ0n) is 9.99. The molecule has 1 heterocycles. The van der Waals surface area contributed by atoms with Crippen molar-refractivity contribution < 1.29 is 9.13 Å². The van der Waals surface area contributed by atoms with Crippen LogP contribution in [-0.4, -0.2) is 44.2 Å². The van der Waals surface area contributed by atoms with Gasteiger partial charge in [-0.1, -0.05) is 12.1 Å². The highest BCUT2D eigenvalue weighted by Gasteiger charge is 2.08. The molecule has 1 aliphatic heterocycles. The van der Waals surface area contributed by atoms with E-state index >= 15 is 0 Å². The Labute approximate surface area is 102 Å². The third-order valence-corrected chi connectivity index (χ3v) is 2.94. The standard InChI is InChI=1S/C13H19FN2O/c14-13-3-1-12(2-4-13)11-17-10-9-16-7-5-15-6-8-16/h1-4,15H,5-11H2. The van der Waals surface area contributed by atoms with Crippen LogP contribution in [0.4, 0.5) is 4.39 Å². The van der Waals surface area contributed by atoms with Crippen molar-refractivity contribution in [3.8, 4) is 0 Å². The number of halogens is 1. The Bertz CT molecular complexity index is 323. The molecule has 0 aromatic heterocycles. The average Bonchev–Trinajstić information content (AvgIpc) is 2.38. The summed E-state index contributed by atoms with van der Waals surface area (Å²) in [6.45, 7) is 6.60. The van der Waals surface area contributed by atoms with E-state index in [4.69, 9.17) is 4.74 Å². The fraction of sp³-hybridized carbons (Fsp3) is 0.538. The molecule has 0 atom stereocenters. The quantitative estimate of drug-likeness (QED) is 0.781. The Hall–Kier alpha value is -0.970. The lowest BCUT2D eigenvalue weighted by molar-refractivity contribution is 0.0886. The molecule has 1 aromatic carbocycles. The number of piperazine rings is 1. The van der Waals surface area contributed by atoms with E-state index in [0.29, 0.717) is 6.61 Å². The van der Waals surface area contributed by atoms with Gasteiger partial charge < -0.3 is 10.1 Å². The molecule has 3 nitrogen and oxygen atoms in total. The number of nitrogens with one attached hydrogen (secondary N) is 1. The van der Waals surface area contributed by atoms with Gasteiger partial charge in [-0.25, -0.2) is 4.39 Å². The molecule has 94 valence electrons. The summed E-state index contributed by atoms with van der Waals surface area (Å²) in [4.78, 5) is 2.39. The molecule has 1 saturated heterocycles. The molecule has 0 radical (unpaired) electrons. The van der Waals surface area contributed by atoms with Crippen molar-refractivity contribution in [2.24, 2.45) is 0 Å². The fourth-order valence-corrected chi connectivity index (χ4v) is 1.90. The molecule has 1 aromatic rings. The van der Waals surface area contributed by atoms with E-state index in [1.807, 2.05) is 0 Å². The van der Waals surface area contributed by atoms with Crippen molar-refractivity contribution in [3.63, 3.8) is 0 Å². The second-order valence-corrected chi connectivity index (χ2v) is 4.27. The lowest BCUT2D eigenvalue weighted by atomic mass is 10.2. The molecule has 4 heteroatoms. The smallest absolute Gasteiger partial charge is 0.123 e. The Morgan fingerprint density at radius 1 is 1.18 bits per heavy atom. The van der Waals surface area contributed by atoms with Gasteiger partial charge in [0, 0.05) is 32.7 Å². The summed E-state index contributed by atoms with van der Waals surface area (Å²) < 4.78 is 18.2. The van der Waals surface area contributed by atoms with Gasteiger partial charge in [-0.2, -0.15) is 0 Å². The third-order valence-electron chi connectivity index (χ3n) is 2.94. The maximum absolute atomic E-state index is 12.7. The molecule has 0 amide bonds. The summed E-state index contributed by atoms with van der Waals surface area (Å²) in [6.07, 6.45) is 0. The molecule has 1 aliphatic rings. The van der Waals surface area contributed by atoms with Gasteiger partial charge in [0.05, 0.1) is 13.2 Å². The van der Waals surface area contributed by atoms with Gasteiger partial charge in [-0.05, 0) is 17.7 Å². The fourth-order valence-electron chi connectivity index (χ4n) is 1.90. The summed E-state index contributed by atoms with van der Waals surface area (Å²) >= 11 is 0. The summed E-state index contributed by atoms with van der Waals surface area (Å²) in [5, 5.41) is 3.32. The molecular formula is C13H19FN2O. The van der Waals surface area contributed by atoms with Crippen LogP contribution in [0.2, 0.25) is 0 Å². The van der Waals surface area contributed by atoms with Gasteiger partial charge in [0.15, 0.2) is 0 Å². The highest BCUT2D eigenvalue weighted by molar-refractivity contribution is 5.14. The Morgan fingerprint density at radius 3 is 2.59 bits per heavy atom. The molecule has 0 aliphatic carbocycles. The van der Waals surface area contributed by atoms with Crippen molar-refractivity contribution in [1.29, 1.82) is 0 Å². The second-order valence-electron chi connectivity index (χ2n) is 4.27. The summed E-state index contributed by atoms with van der Waals surface area (Å²) in [6, 6.07) is 6.46. The van der Waals surface area contributed by atoms with Crippen LogP contribution in [0.25, 0.3) is 0 Å². The van der Waals surface area contributed by atoms with Crippen LogP contribution >= 0.6 is 0 Å². The molecule has 1 N–H and O–H groups in total. The Balaban J connectivity index is 1.60. The van der Waals surface area contributed by atoms with E-state index in [1.165, 1.54) is 12.1 Å². The van der Waals surface area contributed by atoms with E-state index in [-0.39, 0.29) is 5.82 Å². The monoisotopic (exact) mass is 238 g/mol. The van der Waals surface area contributed by atoms with Gasteiger partial charge in [-0.3, -0.25) is 4.90 Å². The number of rotatable bonds is 5. The van der Waals surface area contributed by atoms with Crippen molar-refractivity contribution in [3.05, 3.63) is 35.6 Å². The van der Waals surface area contributed by atoms with Crippen LogP contribution in [0.1, 0.15) is 5.56 Å². The minimum atomic E-state index is -0.199.